The lowest BCUT2D eigenvalue weighted by Gasteiger charge is -2.11. The van der Waals surface area contributed by atoms with Gasteiger partial charge >= 0.3 is 0 Å². The minimum Gasteiger partial charge on any atom is -0.478 e. The van der Waals surface area contributed by atoms with Crippen LogP contribution < -0.4 is 14.2 Å². The van der Waals surface area contributed by atoms with Gasteiger partial charge < -0.3 is 19.2 Å². The number of H-pyrrole nitrogens is 1. The van der Waals surface area contributed by atoms with Gasteiger partial charge in [-0.15, -0.1) is 0 Å². The molecule has 0 spiro atoms. The minimum absolute atomic E-state index is 0.370. The maximum Gasteiger partial charge on any atom is 0.257 e. The highest BCUT2D eigenvalue weighted by Gasteiger charge is 2.16. The standard InChI is InChI=1S/C23H17N5O3/c1-29-23-19(8-5-11-26-23)31-20-13-16(30-15-6-4-9-24-14-15)12-18-21(20)28-22(27-18)17-7-2-3-10-25-17/h2-14H,1H3,(H,27,28). The molecule has 4 aromatic heterocycles. The second-order valence-corrected chi connectivity index (χ2v) is 6.52. The third kappa shape index (κ3) is 3.86. The highest BCUT2D eigenvalue weighted by Crippen LogP contribution is 2.38. The molecule has 0 aliphatic rings. The molecule has 0 fully saturated rings. The number of nitrogens with zero attached hydrogens (tertiary/aromatic N) is 4. The summed E-state index contributed by atoms with van der Waals surface area (Å²) in [5.74, 6) is 3.12. The Morgan fingerprint density at radius 3 is 2.52 bits per heavy atom. The summed E-state index contributed by atoms with van der Waals surface area (Å²) in [6.07, 6.45) is 6.68. The Kier molecular flexibility index (Phi) is 4.86. The molecule has 0 bridgehead atoms. The van der Waals surface area contributed by atoms with Gasteiger partial charge in [0, 0.05) is 30.7 Å². The molecular formula is C23H17N5O3. The molecule has 0 atom stereocenters. The molecule has 0 saturated heterocycles. The van der Waals surface area contributed by atoms with Crippen molar-refractivity contribution in [3.63, 3.8) is 0 Å². The number of benzene rings is 1. The van der Waals surface area contributed by atoms with E-state index in [1.54, 1.807) is 56.2 Å². The first-order chi connectivity index (χ1) is 15.3. The summed E-state index contributed by atoms with van der Waals surface area (Å²) in [5, 5.41) is 0. The quantitative estimate of drug-likeness (QED) is 0.420. The fourth-order valence-corrected chi connectivity index (χ4v) is 3.09. The molecule has 5 aromatic rings. The molecule has 8 heteroatoms. The lowest BCUT2D eigenvalue weighted by atomic mass is 10.2. The van der Waals surface area contributed by atoms with Gasteiger partial charge in [-0.05, 0) is 36.4 Å². The second-order valence-electron chi connectivity index (χ2n) is 6.52. The predicted octanol–water partition coefficient (Wildman–Crippen LogP) is 5.01. The number of imidazole rings is 1. The van der Waals surface area contributed by atoms with Crippen LogP contribution in [0.2, 0.25) is 0 Å². The smallest absolute Gasteiger partial charge is 0.257 e. The van der Waals surface area contributed by atoms with E-state index in [9.17, 15) is 0 Å². The molecular weight excluding hydrogens is 394 g/mol. The predicted molar refractivity (Wildman–Crippen MR) is 114 cm³/mol. The van der Waals surface area contributed by atoms with Crippen LogP contribution in [0.15, 0.2) is 79.4 Å². The van der Waals surface area contributed by atoms with Crippen molar-refractivity contribution < 1.29 is 14.2 Å². The Bertz CT molecular complexity index is 1320. The van der Waals surface area contributed by atoms with Gasteiger partial charge in [0.05, 0.1) is 18.8 Å². The molecule has 152 valence electrons. The van der Waals surface area contributed by atoms with Crippen LogP contribution in [0.25, 0.3) is 22.6 Å². The van der Waals surface area contributed by atoms with Crippen molar-refractivity contribution >= 4 is 11.0 Å². The molecule has 0 aliphatic heterocycles. The summed E-state index contributed by atoms with van der Waals surface area (Å²) < 4.78 is 17.5. The molecule has 4 heterocycles. The Hall–Kier alpha value is -4.46. The molecule has 31 heavy (non-hydrogen) atoms. The fourth-order valence-electron chi connectivity index (χ4n) is 3.09. The van der Waals surface area contributed by atoms with Crippen molar-refractivity contribution in [3.05, 3.63) is 79.4 Å². The SMILES string of the molecule is COc1ncccc1Oc1cc(Oc2cccnc2)cc2[nH]c(-c3ccccn3)nc12. The van der Waals surface area contributed by atoms with Gasteiger partial charge in [0.2, 0.25) is 0 Å². The number of hydrogen-bond donors (Lipinski definition) is 1. The summed E-state index contributed by atoms with van der Waals surface area (Å²) >= 11 is 0. The highest BCUT2D eigenvalue weighted by molar-refractivity contribution is 5.86. The van der Waals surface area contributed by atoms with Gasteiger partial charge in [0.25, 0.3) is 5.88 Å². The van der Waals surface area contributed by atoms with Gasteiger partial charge in [0.15, 0.2) is 17.3 Å². The van der Waals surface area contributed by atoms with Crippen LogP contribution in [-0.2, 0) is 0 Å². The monoisotopic (exact) mass is 411 g/mol. The normalized spacial score (nSPS) is 10.7. The van der Waals surface area contributed by atoms with Crippen molar-refractivity contribution in [3.8, 4) is 40.4 Å². The Labute approximate surface area is 177 Å². The van der Waals surface area contributed by atoms with Crippen LogP contribution in [0.4, 0.5) is 0 Å². The van der Waals surface area contributed by atoms with E-state index in [0.717, 1.165) is 11.2 Å². The van der Waals surface area contributed by atoms with Crippen molar-refractivity contribution in [2.24, 2.45) is 0 Å². The molecule has 0 unspecified atom stereocenters. The van der Waals surface area contributed by atoms with E-state index >= 15 is 0 Å². The van der Waals surface area contributed by atoms with Crippen molar-refractivity contribution in [1.29, 1.82) is 0 Å². The number of fused-ring (bicyclic) bond motifs is 1. The molecule has 0 radical (unpaired) electrons. The Morgan fingerprint density at radius 2 is 1.71 bits per heavy atom. The first-order valence-corrected chi connectivity index (χ1v) is 9.50. The fraction of sp³-hybridized carbons (Fsp3) is 0.0435. The molecule has 0 saturated carbocycles. The molecule has 8 nitrogen and oxygen atoms in total. The number of ether oxygens (including phenoxy) is 3. The number of aromatic nitrogens is 5. The highest BCUT2D eigenvalue weighted by atomic mass is 16.5. The number of hydrogen-bond acceptors (Lipinski definition) is 7. The van der Waals surface area contributed by atoms with E-state index in [4.69, 9.17) is 19.2 Å². The maximum atomic E-state index is 6.16. The zero-order chi connectivity index (χ0) is 21.0. The number of rotatable bonds is 6. The van der Waals surface area contributed by atoms with Gasteiger partial charge in [-0.2, -0.15) is 0 Å². The van der Waals surface area contributed by atoms with Gasteiger partial charge in [-0.1, -0.05) is 6.07 Å². The van der Waals surface area contributed by atoms with Crippen LogP contribution in [0.1, 0.15) is 0 Å². The summed E-state index contributed by atoms with van der Waals surface area (Å²) in [6, 6.07) is 16.5. The Morgan fingerprint density at radius 1 is 0.806 bits per heavy atom. The van der Waals surface area contributed by atoms with Crippen LogP contribution in [0, 0.1) is 0 Å². The van der Waals surface area contributed by atoms with E-state index in [1.807, 2.05) is 30.3 Å². The van der Waals surface area contributed by atoms with E-state index < -0.39 is 0 Å². The number of aromatic amines is 1. The summed E-state index contributed by atoms with van der Waals surface area (Å²) in [5.41, 5.74) is 2.09. The third-order valence-corrected chi connectivity index (χ3v) is 4.45. The van der Waals surface area contributed by atoms with Crippen LogP contribution in [-0.4, -0.2) is 32.0 Å². The number of methoxy groups -OCH3 is 1. The van der Waals surface area contributed by atoms with E-state index in [-0.39, 0.29) is 0 Å². The van der Waals surface area contributed by atoms with E-state index in [2.05, 4.69) is 19.9 Å². The topological polar surface area (TPSA) is 95.0 Å². The largest absolute Gasteiger partial charge is 0.478 e. The minimum atomic E-state index is 0.370. The lowest BCUT2D eigenvalue weighted by molar-refractivity contribution is 0.364. The van der Waals surface area contributed by atoms with Crippen LogP contribution >= 0.6 is 0 Å². The molecule has 0 amide bonds. The summed E-state index contributed by atoms with van der Waals surface area (Å²) in [6.45, 7) is 0. The molecule has 1 aromatic carbocycles. The first kappa shape index (κ1) is 18.6. The van der Waals surface area contributed by atoms with Crippen molar-refractivity contribution in [2.75, 3.05) is 7.11 Å². The first-order valence-electron chi connectivity index (χ1n) is 9.50. The van der Waals surface area contributed by atoms with E-state index in [0.29, 0.717) is 40.2 Å². The average Bonchev–Trinajstić information content (AvgIpc) is 3.25. The van der Waals surface area contributed by atoms with Crippen LogP contribution in [0.3, 0.4) is 0 Å². The van der Waals surface area contributed by atoms with Crippen LogP contribution in [0.5, 0.6) is 28.9 Å². The van der Waals surface area contributed by atoms with Crippen molar-refractivity contribution in [1.82, 2.24) is 24.9 Å². The zero-order valence-corrected chi connectivity index (χ0v) is 16.5. The lowest BCUT2D eigenvalue weighted by Crippen LogP contribution is -1.94. The number of pyridine rings is 3. The summed E-state index contributed by atoms with van der Waals surface area (Å²) in [7, 11) is 1.54. The van der Waals surface area contributed by atoms with Crippen molar-refractivity contribution in [2.45, 2.75) is 0 Å². The molecule has 1 N–H and O–H groups in total. The molecule has 0 aliphatic carbocycles. The summed E-state index contributed by atoms with van der Waals surface area (Å²) in [4.78, 5) is 20.7. The van der Waals surface area contributed by atoms with Gasteiger partial charge in [-0.25, -0.2) is 9.97 Å². The molecule has 5 rings (SSSR count). The zero-order valence-electron chi connectivity index (χ0n) is 16.5. The third-order valence-electron chi connectivity index (χ3n) is 4.45. The number of nitrogens with one attached hydrogen (secondary N) is 1. The maximum absolute atomic E-state index is 6.16. The van der Waals surface area contributed by atoms with Gasteiger partial charge in [0.1, 0.15) is 22.7 Å². The average molecular weight is 411 g/mol. The second kappa shape index (κ2) is 8.11. The van der Waals surface area contributed by atoms with Gasteiger partial charge in [-0.3, -0.25) is 9.97 Å². The van der Waals surface area contributed by atoms with E-state index in [1.165, 1.54) is 0 Å². The Balaban J connectivity index is 1.62.